The van der Waals surface area contributed by atoms with Gasteiger partial charge in [0.15, 0.2) is 0 Å². The highest BCUT2D eigenvalue weighted by molar-refractivity contribution is 5.89. The summed E-state index contributed by atoms with van der Waals surface area (Å²) in [7, 11) is 1.39. The largest absolute Gasteiger partial charge is 0.465 e. The number of rotatable bonds is 6. The molecular formula is C24H26N4O2. The van der Waals surface area contributed by atoms with Gasteiger partial charge in [0.05, 0.1) is 24.1 Å². The lowest BCUT2D eigenvalue weighted by molar-refractivity contribution is 0.0601. The van der Waals surface area contributed by atoms with Crippen LogP contribution in [0.3, 0.4) is 0 Å². The molecule has 0 spiro atoms. The normalized spacial score (nSPS) is 13.7. The molecule has 1 aliphatic rings. The van der Waals surface area contributed by atoms with Gasteiger partial charge in [-0.05, 0) is 30.7 Å². The molecule has 154 valence electrons. The number of pyridine rings is 1. The van der Waals surface area contributed by atoms with Crippen LogP contribution >= 0.6 is 0 Å². The molecule has 3 heterocycles. The molecule has 0 saturated heterocycles. The van der Waals surface area contributed by atoms with E-state index in [1.54, 1.807) is 12.1 Å². The summed E-state index contributed by atoms with van der Waals surface area (Å²) in [4.78, 5) is 28.1. The van der Waals surface area contributed by atoms with E-state index < -0.39 is 0 Å². The number of aryl methyl sites for hydroxylation is 1. The molecule has 1 aromatic carbocycles. The predicted molar refractivity (Wildman–Crippen MR) is 115 cm³/mol. The van der Waals surface area contributed by atoms with E-state index in [0.29, 0.717) is 5.56 Å². The zero-order valence-corrected chi connectivity index (χ0v) is 17.5. The molecule has 6 nitrogen and oxygen atoms in total. The molecule has 0 radical (unpaired) electrons. The second-order valence-corrected chi connectivity index (χ2v) is 7.55. The monoisotopic (exact) mass is 402 g/mol. The highest BCUT2D eigenvalue weighted by Crippen LogP contribution is 2.21. The van der Waals surface area contributed by atoms with Gasteiger partial charge in [-0.25, -0.2) is 14.8 Å². The zero-order chi connectivity index (χ0) is 20.9. The summed E-state index contributed by atoms with van der Waals surface area (Å²) in [6.07, 6.45) is 4.95. The average Bonchev–Trinajstić information content (AvgIpc) is 2.79. The summed E-state index contributed by atoms with van der Waals surface area (Å²) in [5.74, 6) is 0.622. The van der Waals surface area contributed by atoms with Gasteiger partial charge >= 0.3 is 5.97 Å². The van der Waals surface area contributed by atoms with E-state index in [1.165, 1.54) is 18.4 Å². The number of methoxy groups -OCH3 is 1. The summed E-state index contributed by atoms with van der Waals surface area (Å²) < 4.78 is 4.76. The highest BCUT2D eigenvalue weighted by atomic mass is 16.5. The van der Waals surface area contributed by atoms with Crippen LogP contribution in [0.15, 0.2) is 48.7 Å². The summed E-state index contributed by atoms with van der Waals surface area (Å²) in [5, 5.41) is 0. The Labute approximate surface area is 177 Å². The molecule has 3 aromatic rings. The van der Waals surface area contributed by atoms with Gasteiger partial charge in [-0.15, -0.1) is 0 Å². The Morgan fingerprint density at radius 1 is 1.13 bits per heavy atom. The Kier molecular flexibility index (Phi) is 6.14. The third kappa shape index (κ3) is 4.54. The number of hydrogen-bond donors (Lipinski definition) is 0. The number of nitrogens with zero attached hydrogens (tertiary/aromatic N) is 4. The van der Waals surface area contributed by atoms with Crippen LogP contribution in [0.1, 0.15) is 46.5 Å². The van der Waals surface area contributed by atoms with Crippen molar-refractivity contribution in [3.05, 3.63) is 77.0 Å². The minimum Gasteiger partial charge on any atom is -0.465 e. The lowest BCUT2D eigenvalue weighted by atomic mass is 10.1. The van der Waals surface area contributed by atoms with Crippen molar-refractivity contribution >= 4 is 5.97 Å². The van der Waals surface area contributed by atoms with Crippen LogP contribution in [-0.4, -0.2) is 39.5 Å². The lowest BCUT2D eigenvalue weighted by Crippen LogP contribution is -2.31. The average molecular weight is 402 g/mol. The van der Waals surface area contributed by atoms with E-state index >= 15 is 0 Å². The summed E-state index contributed by atoms with van der Waals surface area (Å²) >= 11 is 0. The van der Waals surface area contributed by atoms with Crippen LogP contribution in [0, 0.1) is 0 Å². The SMILES string of the molecule is CCCc1ncc2c(n1)CCN(Cc1cccc(-c3ccc(C(=O)OC)cc3)n1)C2. The number of carbonyl (C=O) groups excluding carboxylic acids is 1. The number of esters is 1. The van der Waals surface area contributed by atoms with Gasteiger partial charge in [0.25, 0.3) is 0 Å². The van der Waals surface area contributed by atoms with Crippen LogP contribution in [0.5, 0.6) is 0 Å². The number of benzene rings is 1. The van der Waals surface area contributed by atoms with E-state index in [-0.39, 0.29) is 5.97 Å². The molecule has 0 bridgehead atoms. The maximum atomic E-state index is 11.6. The first-order valence-corrected chi connectivity index (χ1v) is 10.4. The van der Waals surface area contributed by atoms with Gasteiger partial charge in [0.2, 0.25) is 0 Å². The van der Waals surface area contributed by atoms with E-state index in [2.05, 4.69) is 22.9 Å². The minimum absolute atomic E-state index is 0.334. The number of aromatic nitrogens is 3. The zero-order valence-electron chi connectivity index (χ0n) is 17.5. The van der Waals surface area contributed by atoms with Crippen molar-refractivity contribution in [1.82, 2.24) is 19.9 Å². The predicted octanol–water partition coefficient (Wildman–Crippen LogP) is 3.84. The lowest BCUT2D eigenvalue weighted by Gasteiger charge is -2.27. The van der Waals surface area contributed by atoms with Crippen molar-refractivity contribution in [2.75, 3.05) is 13.7 Å². The molecule has 4 rings (SSSR count). The van der Waals surface area contributed by atoms with E-state index in [1.807, 2.05) is 30.5 Å². The topological polar surface area (TPSA) is 68.2 Å². The van der Waals surface area contributed by atoms with Crippen molar-refractivity contribution < 1.29 is 9.53 Å². The van der Waals surface area contributed by atoms with Crippen molar-refractivity contribution in [1.29, 1.82) is 0 Å². The molecule has 0 aliphatic carbocycles. The molecule has 0 saturated carbocycles. The second kappa shape index (κ2) is 9.13. The fourth-order valence-electron chi connectivity index (χ4n) is 3.75. The summed E-state index contributed by atoms with van der Waals surface area (Å²) in [6, 6.07) is 13.4. The van der Waals surface area contributed by atoms with Gasteiger partial charge in [0.1, 0.15) is 5.82 Å². The fraction of sp³-hybridized carbons (Fsp3) is 0.333. The molecule has 2 aromatic heterocycles. The highest BCUT2D eigenvalue weighted by Gasteiger charge is 2.19. The maximum Gasteiger partial charge on any atom is 0.337 e. The van der Waals surface area contributed by atoms with Gasteiger partial charge in [0, 0.05) is 55.5 Å². The Morgan fingerprint density at radius 3 is 2.73 bits per heavy atom. The molecule has 0 amide bonds. The van der Waals surface area contributed by atoms with Crippen molar-refractivity contribution in [3.8, 4) is 11.3 Å². The van der Waals surface area contributed by atoms with Crippen LogP contribution in [-0.2, 0) is 30.7 Å². The first kappa shape index (κ1) is 20.2. The Bertz CT molecular complexity index is 1030. The number of hydrogen-bond acceptors (Lipinski definition) is 6. The standard InChI is InChI=1S/C24H26N4O2/c1-3-5-23-25-14-19-15-28(13-12-22(19)27-23)16-20-6-4-7-21(26-20)17-8-10-18(11-9-17)24(29)30-2/h4,6-11,14H,3,5,12-13,15-16H2,1-2H3. The summed E-state index contributed by atoms with van der Waals surface area (Å²) in [6.45, 7) is 4.75. The fourth-order valence-corrected chi connectivity index (χ4v) is 3.75. The van der Waals surface area contributed by atoms with Crippen LogP contribution in [0.2, 0.25) is 0 Å². The van der Waals surface area contributed by atoms with Crippen molar-refractivity contribution in [2.24, 2.45) is 0 Å². The van der Waals surface area contributed by atoms with Gasteiger partial charge in [-0.1, -0.05) is 25.1 Å². The Hall–Kier alpha value is -3.12. The summed E-state index contributed by atoms with van der Waals surface area (Å²) in [5.41, 5.74) is 5.84. The quantitative estimate of drug-likeness (QED) is 0.584. The minimum atomic E-state index is -0.334. The maximum absolute atomic E-state index is 11.6. The van der Waals surface area contributed by atoms with Crippen molar-refractivity contribution in [3.63, 3.8) is 0 Å². The first-order valence-electron chi connectivity index (χ1n) is 10.4. The third-order valence-corrected chi connectivity index (χ3v) is 5.33. The molecule has 6 heteroatoms. The van der Waals surface area contributed by atoms with Gasteiger partial charge in [-0.3, -0.25) is 9.88 Å². The number of ether oxygens (including phenoxy) is 1. The second-order valence-electron chi connectivity index (χ2n) is 7.55. The van der Waals surface area contributed by atoms with Crippen LogP contribution in [0.4, 0.5) is 0 Å². The molecule has 0 atom stereocenters. The molecular weight excluding hydrogens is 376 g/mol. The molecule has 1 aliphatic heterocycles. The first-order chi connectivity index (χ1) is 14.7. The third-order valence-electron chi connectivity index (χ3n) is 5.33. The van der Waals surface area contributed by atoms with Crippen LogP contribution in [0.25, 0.3) is 11.3 Å². The number of carbonyl (C=O) groups is 1. The number of fused-ring (bicyclic) bond motifs is 1. The van der Waals surface area contributed by atoms with E-state index in [4.69, 9.17) is 14.7 Å². The molecule has 0 fully saturated rings. The molecule has 0 unspecified atom stereocenters. The van der Waals surface area contributed by atoms with E-state index in [0.717, 1.165) is 61.7 Å². The molecule has 30 heavy (non-hydrogen) atoms. The van der Waals surface area contributed by atoms with E-state index in [9.17, 15) is 4.79 Å². The van der Waals surface area contributed by atoms with Crippen molar-refractivity contribution in [2.45, 2.75) is 39.3 Å². The van der Waals surface area contributed by atoms with Gasteiger partial charge in [-0.2, -0.15) is 0 Å². The van der Waals surface area contributed by atoms with Gasteiger partial charge < -0.3 is 4.74 Å². The Balaban J connectivity index is 1.45. The van der Waals surface area contributed by atoms with Crippen LogP contribution < -0.4 is 0 Å². The molecule has 0 N–H and O–H groups in total. The Morgan fingerprint density at radius 2 is 1.97 bits per heavy atom. The smallest absolute Gasteiger partial charge is 0.337 e.